The highest BCUT2D eigenvalue weighted by Crippen LogP contribution is 2.35. The first-order chi connectivity index (χ1) is 32.6. The zero-order valence-electron chi connectivity index (χ0n) is 39.9. The molecule has 0 unspecified atom stereocenters. The fourth-order valence-electron chi connectivity index (χ4n) is 9.26. The second-order valence-electron chi connectivity index (χ2n) is 18.7. The maximum atomic E-state index is 13.5. The maximum Gasteiger partial charge on any atom is 0.233 e. The minimum Gasteiger partial charge on any atom is -0.391 e. The first-order valence-corrected chi connectivity index (χ1v) is 26.1. The summed E-state index contributed by atoms with van der Waals surface area (Å²) in [5.74, 6) is -1.01. The number of aliphatic hydroxyl groups excluding tert-OH is 2. The fraction of sp³-hybridized carbons (Fsp3) is 0.434. The third kappa shape index (κ3) is 12.1. The molecule has 358 valence electrons. The summed E-state index contributed by atoms with van der Waals surface area (Å²) < 4.78 is 0. The molecule has 0 spiro atoms. The molecule has 0 bridgehead atoms. The molecule has 6 aromatic rings. The van der Waals surface area contributed by atoms with Crippen molar-refractivity contribution in [2.24, 2.45) is 11.8 Å². The van der Waals surface area contributed by atoms with Crippen LogP contribution < -0.4 is 0 Å². The number of nitrogens with zero attached hydrogens (tertiary/aromatic N) is 6. The molecule has 0 aliphatic carbocycles. The molecule has 15 heteroatoms. The number of thiazole rings is 3. The van der Waals surface area contributed by atoms with Crippen molar-refractivity contribution in [3.63, 3.8) is 0 Å². The van der Waals surface area contributed by atoms with Crippen molar-refractivity contribution >= 4 is 57.4 Å². The Hall–Kier alpha value is -5.32. The molecule has 2 N–H and O–H groups in total. The van der Waals surface area contributed by atoms with Crippen molar-refractivity contribution in [3.05, 3.63) is 128 Å². The number of benzene rings is 2. The van der Waals surface area contributed by atoms with Crippen molar-refractivity contribution in [3.8, 4) is 20.9 Å². The minimum absolute atomic E-state index is 0.00388. The summed E-state index contributed by atoms with van der Waals surface area (Å²) in [6.45, 7) is 14.3. The number of Topliss-reactive ketones (excluding diaryl/α,β-unsaturated/α-hetero) is 2. The minimum atomic E-state index is -0.684. The summed E-state index contributed by atoms with van der Waals surface area (Å²) in [7, 11) is 0. The van der Waals surface area contributed by atoms with E-state index in [-0.39, 0.29) is 48.3 Å². The molecule has 2 aliphatic rings. The highest BCUT2D eigenvalue weighted by Gasteiger charge is 2.43. The molecule has 68 heavy (non-hydrogen) atoms. The molecule has 12 nitrogen and oxygen atoms in total. The van der Waals surface area contributed by atoms with Crippen LogP contribution in [0.1, 0.15) is 104 Å². The lowest BCUT2D eigenvalue weighted by molar-refractivity contribution is -0.140. The van der Waals surface area contributed by atoms with Crippen LogP contribution in [0.15, 0.2) is 89.3 Å². The number of pyridine rings is 1. The van der Waals surface area contributed by atoms with E-state index in [2.05, 4.69) is 44.2 Å². The zero-order chi connectivity index (χ0) is 48.6. The number of β-amino-alcohol motifs (C(OH)–C–C–N with tert-alkyl or cyclic N) is 2. The molecule has 2 amide bonds. The smallest absolute Gasteiger partial charge is 0.233 e. The van der Waals surface area contributed by atoms with Crippen molar-refractivity contribution in [2.45, 2.75) is 123 Å². The Bertz CT molecular complexity index is 2640. The number of ketones is 2. The van der Waals surface area contributed by atoms with E-state index in [1.165, 1.54) is 11.3 Å². The summed E-state index contributed by atoms with van der Waals surface area (Å²) in [6.07, 6.45) is 2.79. The summed E-state index contributed by atoms with van der Waals surface area (Å²) in [5, 5.41) is 23.4. The number of hydrogen-bond donors (Lipinski definition) is 2. The van der Waals surface area contributed by atoms with Crippen LogP contribution in [0.3, 0.4) is 0 Å². The molecular formula is C53H62N6O6S3. The van der Waals surface area contributed by atoms with Crippen molar-refractivity contribution in [1.29, 1.82) is 0 Å². The molecule has 2 aromatic carbocycles. The average Bonchev–Trinajstić information content (AvgIpc) is 4.19. The number of amides is 2. The van der Waals surface area contributed by atoms with Crippen molar-refractivity contribution < 1.29 is 29.4 Å². The highest BCUT2D eigenvalue weighted by atomic mass is 32.1. The Kier molecular flexibility index (Phi) is 17.0. The number of carbonyl (C=O) groups is 4. The summed E-state index contributed by atoms with van der Waals surface area (Å²) >= 11 is 4.72. The molecule has 8 rings (SSSR count). The van der Waals surface area contributed by atoms with E-state index in [1.54, 1.807) is 38.7 Å². The second kappa shape index (κ2) is 22.9. The van der Waals surface area contributed by atoms with Gasteiger partial charge in [-0.2, -0.15) is 0 Å². The van der Waals surface area contributed by atoms with Gasteiger partial charge in [0, 0.05) is 56.0 Å². The van der Waals surface area contributed by atoms with E-state index < -0.39 is 36.1 Å². The van der Waals surface area contributed by atoms with Crippen LogP contribution in [-0.4, -0.2) is 101 Å². The van der Waals surface area contributed by atoms with Crippen LogP contribution in [0.5, 0.6) is 0 Å². The average molecular weight is 975 g/mol. The lowest BCUT2D eigenvalue weighted by atomic mass is 9.90. The van der Waals surface area contributed by atoms with Gasteiger partial charge in [0.15, 0.2) is 11.6 Å². The summed E-state index contributed by atoms with van der Waals surface area (Å²) in [6, 6.07) is 20.8. The van der Waals surface area contributed by atoms with Crippen LogP contribution in [0, 0.1) is 32.6 Å². The number of carbonyl (C=O) groups excluding carboxylic acids is 4. The van der Waals surface area contributed by atoms with Gasteiger partial charge >= 0.3 is 0 Å². The van der Waals surface area contributed by atoms with Gasteiger partial charge in [0.1, 0.15) is 5.01 Å². The maximum absolute atomic E-state index is 13.5. The van der Waals surface area contributed by atoms with Crippen molar-refractivity contribution in [1.82, 2.24) is 29.7 Å². The Balaban J connectivity index is 0.000000201. The summed E-state index contributed by atoms with van der Waals surface area (Å²) in [4.78, 5) is 76.5. The predicted molar refractivity (Wildman–Crippen MR) is 270 cm³/mol. The summed E-state index contributed by atoms with van der Waals surface area (Å²) in [5.41, 5.74) is 11.7. The second-order valence-corrected chi connectivity index (χ2v) is 21.3. The first-order valence-electron chi connectivity index (χ1n) is 23.4. The first kappa shape index (κ1) is 50.6. The van der Waals surface area contributed by atoms with Crippen LogP contribution in [0.25, 0.3) is 20.9 Å². The Labute approximate surface area is 411 Å². The molecule has 2 saturated heterocycles. The van der Waals surface area contributed by atoms with E-state index in [1.807, 2.05) is 107 Å². The third-order valence-corrected chi connectivity index (χ3v) is 15.9. The Morgan fingerprint density at radius 2 is 1.10 bits per heavy atom. The molecule has 0 saturated carbocycles. The van der Waals surface area contributed by atoms with Crippen LogP contribution in [0.2, 0.25) is 0 Å². The predicted octanol–water partition coefficient (Wildman–Crippen LogP) is 9.20. The molecular weight excluding hydrogens is 913 g/mol. The molecule has 6 heterocycles. The molecule has 2 aliphatic heterocycles. The van der Waals surface area contributed by atoms with Gasteiger partial charge in [0.25, 0.3) is 0 Å². The van der Waals surface area contributed by atoms with Crippen LogP contribution in [-0.2, 0) is 32.0 Å². The number of hydrogen-bond acceptors (Lipinski definition) is 13. The fourth-order valence-corrected chi connectivity index (χ4v) is 11.9. The number of rotatable bonds is 16. The Morgan fingerprint density at radius 1 is 0.632 bits per heavy atom. The van der Waals surface area contributed by atoms with Gasteiger partial charge < -0.3 is 20.0 Å². The Morgan fingerprint density at radius 3 is 1.49 bits per heavy atom. The van der Waals surface area contributed by atoms with Gasteiger partial charge in [-0.25, -0.2) is 15.0 Å². The van der Waals surface area contributed by atoms with E-state index in [0.29, 0.717) is 44.2 Å². The van der Waals surface area contributed by atoms with E-state index in [9.17, 15) is 29.4 Å². The number of likely N-dealkylation sites (tertiary alicyclic amines) is 2. The number of aliphatic hydroxyl groups is 2. The monoisotopic (exact) mass is 974 g/mol. The lowest BCUT2D eigenvalue weighted by Crippen LogP contribution is -2.44. The van der Waals surface area contributed by atoms with Gasteiger partial charge in [-0.15, -0.1) is 34.0 Å². The SMILES string of the molecule is Cc1csc([C@H](C(=O)N2C[C@H](O)C[C@H]2C(=O)CCc2ccc(-c3scnc3C)cc2)C(C)C)n1.Cc1ncsc1-c1ccc(CCC(=O)[C@@H]2C[C@@H](O)CN2C(=O)[C@@H](c2ccccn2)C(C)C)cc1. The van der Waals surface area contributed by atoms with Gasteiger partial charge in [-0.3, -0.25) is 24.2 Å². The van der Waals surface area contributed by atoms with Crippen molar-refractivity contribution in [2.75, 3.05) is 13.1 Å². The third-order valence-electron chi connectivity index (χ3n) is 12.9. The highest BCUT2D eigenvalue weighted by molar-refractivity contribution is 7.13. The van der Waals surface area contributed by atoms with Gasteiger partial charge in [0.05, 0.1) is 74.0 Å². The van der Waals surface area contributed by atoms with Gasteiger partial charge in [-0.1, -0.05) is 82.3 Å². The van der Waals surface area contributed by atoms with Gasteiger partial charge in [0.2, 0.25) is 11.8 Å². The standard InChI is InChI=1S/C27H31N3O3S.C26H31N3O3S2/c1-17(2)25(22-6-4-5-13-28-22)27(33)30-15-21(31)14-23(30)24(32)12-9-19-7-10-20(11-8-19)26-18(3)29-16-34-26;1-15(2)23(25-28-16(3)13-33-25)26(32)29-12-20(30)11-21(29)22(31)10-7-18-5-8-19(9-6-18)24-17(4)27-14-34-24/h4-8,10-11,13,16-17,21,23,25,31H,9,12,14-15H2,1-3H3;5-6,8-9,13-15,20-21,23,30H,7,10-12H2,1-4H3/t21-,23+,25-;20-,21+,23-/m11/s1. The number of aromatic nitrogens is 4. The van der Waals surface area contributed by atoms with E-state index in [0.717, 1.165) is 54.1 Å². The largest absolute Gasteiger partial charge is 0.391 e. The van der Waals surface area contributed by atoms with Gasteiger partial charge in [-0.05, 0) is 79.8 Å². The van der Waals surface area contributed by atoms with Crippen LogP contribution in [0.4, 0.5) is 0 Å². The molecule has 2 fully saturated rings. The van der Waals surface area contributed by atoms with Crippen LogP contribution >= 0.6 is 34.0 Å². The zero-order valence-corrected chi connectivity index (χ0v) is 42.3. The number of aryl methyl sites for hydroxylation is 5. The topological polar surface area (TPSA) is 167 Å². The van der Waals surface area contributed by atoms with E-state index in [4.69, 9.17) is 0 Å². The normalized spacial score (nSPS) is 19.0. The van der Waals surface area contributed by atoms with E-state index >= 15 is 0 Å². The quantitative estimate of drug-likeness (QED) is 0.0955. The lowest BCUT2D eigenvalue weighted by Gasteiger charge is -2.29. The molecule has 6 atom stereocenters. The molecule has 0 radical (unpaired) electrons. The molecule has 4 aromatic heterocycles.